The van der Waals surface area contributed by atoms with E-state index in [1.807, 2.05) is 6.08 Å². The van der Waals surface area contributed by atoms with Crippen molar-refractivity contribution in [2.45, 2.75) is 0 Å². The quantitative estimate of drug-likeness (QED) is 0.476. The first-order valence-electron chi connectivity index (χ1n) is 1.95. The van der Waals surface area contributed by atoms with Gasteiger partial charge in [0.2, 0.25) is 0 Å². The zero-order chi connectivity index (χ0) is 4.41. The summed E-state index contributed by atoms with van der Waals surface area (Å²) in [5, 5.41) is 3.99. The van der Waals surface area contributed by atoms with Crippen molar-refractivity contribution in [2.75, 3.05) is 13.1 Å². The van der Waals surface area contributed by atoms with Gasteiger partial charge in [-0.15, -0.1) is 0 Å². The fourth-order valence-corrected chi connectivity index (χ4v) is 0.618. The molecule has 0 saturated carbocycles. The van der Waals surface area contributed by atoms with Gasteiger partial charge < -0.3 is 5.32 Å². The summed E-state index contributed by atoms with van der Waals surface area (Å²) in [6.45, 7) is 1.81. The number of hydrogen-bond donors (Lipinski definition) is 1. The van der Waals surface area contributed by atoms with Gasteiger partial charge in [-0.05, 0) is 0 Å². The highest BCUT2D eigenvalue weighted by Crippen LogP contribution is 2.01. The number of nitrogens with one attached hydrogen (secondary N) is 1. The first kappa shape index (κ1) is 4.16. The van der Waals surface area contributed by atoms with Crippen molar-refractivity contribution < 1.29 is 0 Å². The number of halogens is 1. The van der Waals surface area contributed by atoms with Crippen LogP contribution in [0.1, 0.15) is 0 Å². The molecular weight excluding hydrogens is 97.5 g/mol. The van der Waals surface area contributed by atoms with Crippen LogP contribution in [0.15, 0.2) is 11.1 Å². The van der Waals surface area contributed by atoms with E-state index in [1.165, 1.54) is 0 Å². The first-order valence-corrected chi connectivity index (χ1v) is 2.32. The van der Waals surface area contributed by atoms with Crippen LogP contribution in [0.4, 0.5) is 0 Å². The molecule has 0 saturated heterocycles. The van der Waals surface area contributed by atoms with Crippen molar-refractivity contribution in [3.8, 4) is 0 Å². The third-order valence-corrected chi connectivity index (χ3v) is 1.05. The molecule has 0 spiro atoms. The minimum atomic E-state index is 0.863. The van der Waals surface area contributed by atoms with Crippen LogP contribution < -0.4 is 5.32 Å². The normalized spacial score (nSPS) is 21.2. The van der Waals surface area contributed by atoms with Gasteiger partial charge in [0.15, 0.2) is 0 Å². The van der Waals surface area contributed by atoms with Crippen LogP contribution in [-0.2, 0) is 0 Å². The second kappa shape index (κ2) is 1.63. The summed E-state index contributed by atoms with van der Waals surface area (Å²) >= 11 is 5.51. The fourth-order valence-electron chi connectivity index (χ4n) is 0.447. The molecule has 1 heterocycles. The Balaban J connectivity index is 2.45. The largest absolute Gasteiger partial charge is 0.308 e. The van der Waals surface area contributed by atoms with Crippen molar-refractivity contribution in [2.24, 2.45) is 0 Å². The molecule has 0 aromatic heterocycles. The summed E-state index contributed by atoms with van der Waals surface area (Å²) in [6.07, 6.45) is 1.97. The van der Waals surface area contributed by atoms with Crippen molar-refractivity contribution >= 4 is 11.6 Å². The topological polar surface area (TPSA) is 12.0 Å². The minimum Gasteiger partial charge on any atom is -0.308 e. The molecule has 0 fully saturated rings. The molecule has 6 heavy (non-hydrogen) atoms. The van der Waals surface area contributed by atoms with Crippen LogP contribution in [-0.4, -0.2) is 13.1 Å². The molecule has 1 N–H and O–H groups in total. The lowest BCUT2D eigenvalue weighted by atomic mass is 10.6. The van der Waals surface area contributed by atoms with Gasteiger partial charge in [-0.1, -0.05) is 17.7 Å². The zero-order valence-corrected chi connectivity index (χ0v) is 4.13. The highest BCUT2D eigenvalue weighted by atomic mass is 35.5. The van der Waals surface area contributed by atoms with Crippen molar-refractivity contribution in [3.05, 3.63) is 11.1 Å². The van der Waals surface area contributed by atoms with Crippen molar-refractivity contribution in [1.29, 1.82) is 0 Å². The summed E-state index contributed by atoms with van der Waals surface area (Å²) in [5.41, 5.74) is 0. The molecule has 1 rings (SSSR count). The lowest BCUT2D eigenvalue weighted by Crippen LogP contribution is -2.06. The van der Waals surface area contributed by atoms with E-state index in [9.17, 15) is 0 Å². The van der Waals surface area contributed by atoms with E-state index in [1.54, 1.807) is 0 Å². The molecule has 1 aliphatic rings. The Morgan fingerprint density at radius 2 is 2.67 bits per heavy atom. The molecule has 0 radical (unpaired) electrons. The maximum Gasteiger partial charge on any atom is 0.0313 e. The molecule has 34 valence electrons. The number of rotatable bonds is 0. The Hall–Kier alpha value is -0.0100. The fraction of sp³-hybridized carbons (Fsp3) is 0.500. The van der Waals surface area contributed by atoms with Gasteiger partial charge in [0.05, 0.1) is 0 Å². The Bertz CT molecular complexity index is 77.6. The third kappa shape index (κ3) is 0.730. The van der Waals surface area contributed by atoms with E-state index in [4.69, 9.17) is 11.6 Å². The molecule has 0 atom stereocenters. The lowest BCUT2D eigenvalue weighted by molar-refractivity contribution is 0.888. The van der Waals surface area contributed by atoms with E-state index in [-0.39, 0.29) is 0 Å². The average molecular weight is 104 g/mol. The van der Waals surface area contributed by atoms with Crippen LogP contribution in [0.3, 0.4) is 0 Å². The van der Waals surface area contributed by atoms with Gasteiger partial charge in [-0.25, -0.2) is 0 Å². The molecule has 0 amide bonds. The first-order chi connectivity index (χ1) is 2.89. The Labute approximate surface area is 42.0 Å². The summed E-state index contributed by atoms with van der Waals surface area (Å²) in [7, 11) is 0. The van der Waals surface area contributed by atoms with Gasteiger partial charge in [0, 0.05) is 18.1 Å². The molecular formula is C4H6ClN. The second-order valence-electron chi connectivity index (χ2n) is 1.28. The van der Waals surface area contributed by atoms with Gasteiger partial charge in [-0.3, -0.25) is 0 Å². The second-order valence-corrected chi connectivity index (χ2v) is 1.77. The van der Waals surface area contributed by atoms with Gasteiger partial charge >= 0.3 is 0 Å². The van der Waals surface area contributed by atoms with E-state index >= 15 is 0 Å². The highest BCUT2D eigenvalue weighted by molar-refractivity contribution is 6.30. The molecule has 1 nitrogen and oxygen atoms in total. The SMILES string of the molecule is ClC1=CCNC1. The van der Waals surface area contributed by atoms with Gasteiger partial charge in [-0.2, -0.15) is 0 Å². The van der Waals surface area contributed by atoms with E-state index in [0.717, 1.165) is 18.1 Å². The van der Waals surface area contributed by atoms with Crippen molar-refractivity contribution in [3.63, 3.8) is 0 Å². The molecule has 0 aromatic carbocycles. The van der Waals surface area contributed by atoms with Crippen molar-refractivity contribution in [1.82, 2.24) is 5.32 Å². The van der Waals surface area contributed by atoms with Crippen LogP contribution in [0, 0.1) is 0 Å². The third-order valence-electron chi connectivity index (χ3n) is 0.762. The molecule has 2 heteroatoms. The lowest BCUT2D eigenvalue weighted by Gasteiger charge is -1.81. The number of hydrogen-bond acceptors (Lipinski definition) is 1. The standard InChI is InChI=1S/C4H6ClN/c5-4-1-2-6-3-4/h1,6H,2-3H2. The predicted octanol–water partition coefficient (Wildman–Crippen LogP) is 0.712. The Morgan fingerprint density at radius 1 is 1.83 bits per heavy atom. The summed E-state index contributed by atoms with van der Waals surface area (Å²) in [5.74, 6) is 0. The minimum absolute atomic E-state index is 0.863. The molecule has 0 aromatic rings. The Kier molecular flexibility index (Phi) is 1.13. The van der Waals surface area contributed by atoms with E-state index in [2.05, 4.69) is 5.32 Å². The summed E-state index contributed by atoms with van der Waals surface area (Å²) in [6, 6.07) is 0. The molecule has 0 aliphatic carbocycles. The van der Waals surface area contributed by atoms with E-state index in [0.29, 0.717) is 0 Å². The average Bonchev–Trinajstić information content (AvgIpc) is 1.86. The maximum atomic E-state index is 5.51. The van der Waals surface area contributed by atoms with Crippen LogP contribution in [0.25, 0.3) is 0 Å². The van der Waals surface area contributed by atoms with Gasteiger partial charge in [0.1, 0.15) is 0 Å². The highest BCUT2D eigenvalue weighted by Gasteiger charge is 1.95. The monoisotopic (exact) mass is 103 g/mol. The van der Waals surface area contributed by atoms with Gasteiger partial charge in [0.25, 0.3) is 0 Å². The summed E-state index contributed by atoms with van der Waals surface area (Å²) < 4.78 is 0. The smallest absolute Gasteiger partial charge is 0.0313 e. The maximum absolute atomic E-state index is 5.51. The van der Waals surface area contributed by atoms with Crippen LogP contribution >= 0.6 is 11.6 Å². The summed E-state index contributed by atoms with van der Waals surface area (Å²) in [4.78, 5) is 0. The molecule has 0 bridgehead atoms. The molecule has 1 aliphatic heterocycles. The Morgan fingerprint density at radius 3 is 2.83 bits per heavy atom. The molecule has 0 unspecified atom stereocenters. The van der Waals surface area contributed by atoms with Crippen LogP contribution in [0.5, 0.6) is 0 Å². The van der Waals surface area contributed by atoms with E-state index < -0.39 is 0 Å². The van der Waals surface area contributed by atoms with Crippen LogP contribution in [0.2, 0.25) is 0 Å². The zero-order valence-electron chi connectivity index (χ0n) is 3.37. The predicted molar refractivity (Wildman–Crippen MR) is 26.8 cm³/mol.